The number of aliphatic hydroxyl groups excluding tert-OH is 2. The van der Waals surface area contributed by atoms with Gasteiger partial charge in [-0.3, -0.25) is 4.79 Å². The molecule has 0 spiro atoms. The molecule has 124 valence electrons. The van der Waals surface area contributed by atoms with E-state index >= 15 is 0 Å². The van der Waals surface area contributed by atoms with E-state index in [1.54, 1.807) is 24.3 Å². The third-order valence-corrected chi connectivity index (χ3v) is 3.21. The van der Waals surface area contributed by atoms with Gasteiger partial charge >= 0.3 is 0 Å². The third kappa shape index (κ3) is 5.45. The van der Waals surface area contributed by atoms with Gasteiger partial charge in [-0.2, -0.15) is 5.26 Å². The van der Waals surface area contributed by atoms with Gasteiger partial charge in [0.1, 0.15) is 17.4 Å². The first kappa shape index (κ1) is 18.8. The third-order valence-electron chi connectivity index (χ3n) is 2.91. The molecule has 1 rings (SSSR count). The van der Waals surface area contributed by atoms with Gasteiger partial charge in [-0.1, -0.05) is 11.6 Å². The monoisotopic (exact) mass is 339 g/mol. The number of hydrogen-bond donors (Lipinski definition) is 3. The van der Waals surface area contributed by atoms with Crippen molar-refractivity contribution >= 4 is 23.2 Å². The summed E-state index contributed by atoms with van der Waals surface area (Å²) in [6, 6.07) is 6.72. The van der Waals surface area contributed by atoms with Crippen LogP contribution < -0.4 is 10.1 Å². The van der Waals surface area contributed by atoms with Crippen LogP contribution in [0, 0.1) is 11.3 Å². The topological polar surface area (TPSA) is 106 Å². The van der Waals surface area contributed by atoms with E-state index in [1.807, 2.05) is 0 Å². The van der Waals surface area contributed by atoms with Crippen molar-refractivity contribution in [1.29, 1.82) is 5.26 Å². The largest absolute Gasteiger partial charge is 0.495 e. The lowest BCUT2D eigenvalue weighted by Crippen LogP contribution is -2.36. The fourth-order valence-corrected chi connectivity index (χ4v) is 2.04. The molecule has 1 aromatic rings. The van der Waals surface area contributed by atoms with E-state index in [0.717, 1.165) is 0 Å². The summed E-state index contributed by atoms with van der Waals surface area (Å²) in [6.45, 7) is -0.447. The summed E-state index contributed by atoms with van der Waals surface area (Å²) >= 11 is 5.99. The molecule has 0 bridgehead atoms. The van der Waals surface area contributed by atoms with Crippen LogP contribution in [0.15, 0.2) is 30.0 Å². The quantitative estimate of drug-likeness (QED) is 0.481. The van der Waals surface area contributed by atoms with Crippen LogP contribution in [0.5, 0.6) is 5.75 Å². The van der Waals surface area contributed by atoms with E-state index in [9.17, 15) is 4.79 Å². The zero-order valence-electron chi connectivity index (χ0n) is 12.6. The van der Waals surface area contributed by atoms with Gasteiger partial charge in [-0.05, 0) is 18.2 Å². The van der Waals surface area contributed by atoms with E-state index in [4.69, 9.17) is 31.8 Å². The van der Waals surface area contributed by atoms with E-state index in [2.05, 4.69) is 5.32 Å². The Balaban J connectivity index is 2.88. The maximum Gasteiger partial charge on any atom is 0.266 e. The van der Waals surface area contributed by atoms with Crippen LogP contribution in [0.4, 0.5) is 5.69 Å². The summed E-state index contributed by atoms with van der Waals surface area (Å²) < 4.78 is 5.03. The van der Waals surface area contributed by atoms with Crippen molar-refractivity contribution in [2.75, 3.05) is 38.7 Å². The van der Waals surface area contributed by atoms with Gasteiger partial charge in [0.25, 0.3) is 5.91 Å². The van der Waals surface area contributed by atoms with E-state index in [0.29, 0.717) is 16.5 Å². The number of amides is 1. The van der Waals surface area contributed by atoms with Crippen molar-refractivity contribution in [2.24, 2.45) is 0 Å². The molecular formula is C15H18ClN3O4. The molecule has 0 saturated heterocycles. The van der Waals surface area contributed by atoms with Gasteiger partial charge in [0, 0.05) is 25.0 Å². The number of halogens is 1. The number of methoxy groups -OCH3 is 1. The summed E-state index contributed by atoms with van der Waals surface area (Å²) in [7, 11) is 1.50. The Morgan fingerprint density at radius 2 is 2.09 bits per heavy atom. The minimum Gasteiger partial charge on any atom is -0.495 e. The van der Waals surface area contributed by atoms with Crippen molar-refractivity contribution in [3.05, 3.63) is 35.0 Å². The predicted octanol–water partition coefficient (Wildman–Crippen LogP) is 0.981. The number of rotatable bonds is 8. The second-order valence-corrected chi connectivity index (χ2v) is 4.81. The highest BCUT2D eigenvalue weighted by molar-refractivity contribution is 6.32. The molecule has 1 aromatic carbocycles. The molecule has 0 aliphatic carbocycles. The van der Waals surface area contributed by atoms with Crippen molar-refractivity contribution in [1.82, 2.24) is 4.90 Å². The molecule has 0 aromatic heterocycles. The van der Waals surface area contributed by atoms with Crippen molar-refractivity contribution in [3.8, 4) is 11.8 Å². The molecule has 3 N–H and O–H groups in total. The Kier molecular flexibility index (Phi) is 7.91. The van der Waals surface area contributed by atoms with Crippen molar-refractivity contribution < 1.29 is 19.7 Å². The van der Waals surface area contributed by atoms with Gasteiger partial charge < -0.3 is 25.2 Å². The van der Waals surface area contributed by atoms with Crippen molar-refractivity contribution in [2.45, 2.75) is 0 Å². The number of aliphatic hydroxyl groups is 2. The minimum atomic E-state index is -0.581. The second kappa shape index (κ2) is 9.69. The number of anilines is 1. The Morgan fingerprint density at radius 3 is 2.57 bits per heavy atom. The normalized spacial score (nSPS) is 10.8. The van der Waals surface area contributed by atoms with Crippen LogP contribution >= 0.6 is 11.6 Å². The summed E-state index contributed by atoms with van der Waals surface area (Å²) in [4.78, 5) is 13.4. The number of ether oxygens (including phenoxy) is 1. The highest BCUT2D eigenvalue weighted by atomic mass is 35.5. The summed E-state index contributed by atoms with van der Waals surface area (Å²) in [5.41, 5.74) is 0.422. The maximum absolute atomic E-state index is 12.2. The smallest absolute Gasteiger partial charge is 0.266 e. The Hall–Kier alpha value is -2.27. The zero-order chi connectivity index (χ0) is 17.2. The molecule has 0 atom stereocenters. The lowest BCUT2D eigenvalue weighted by Gasteiger charge is -2.20. The number of hydrogen-bond acceptors (Lipinski definition) is 6. The number of carbonyl (C=O) groups is 1. The number of nitriles is 1. The molecular weight excluding hydrogens is 322 g/mol. The number of benzene rings is 1. The van der Waals surface area contributed by atoms with Gasteiger partial charge in [-0.25, -0.2) is 0 Å². The molecule has 8 heteroatoms. The standard InChI is InChI=1S/C15H18ClN3O4/c1-23-14-3-2-12(8-13(14)16)18-10-11(9-17)15(22)19(4-6-20)5-7-21/h2-3,8,10,18,20-21H,4-7H2,1H3/b11-10-. The van der Waals surface area contributed by atoms with E-state index < -0.39 is 5.91 Å². The fraction of sp³-hybridized carbons (Fsp3) is 0.333. The summed E-state index contributed by atoms with van der Waals surface area (Å²) in [5.74, 6) is -0.0717. The van der Waals surface area contributed by atoms with E-state index in [-0.39, 0.29) is 31.9 Å². The molecule has 0 aliphatic rings. The van der Waals surface area contributed by atoms with E-state index in [1.165, 1.54) is 18.2 Å². The molecule has 0 heterocycles. The Bertz CT molecular complexity index is 607. The van der Waals surface area contributed by atoms with Crippen LogP contribution in [-0.4, -0.2) is 54.4 Å². The molecule has 7 nitrogen and oxygen atoms in total. The highest BCUT2D eigenvalue weighted by Gasteiger charge is 2.17. The average molecular weight is 340 g/mol. The SMILES string of the molecule is COc1ccc(N/C=C(/C#N)C(=O)N(CCO)CCO)cc1Cl. The van der Waals surface area contributed by atoms with Crippen LogP contribution in [0.25, 0.3) is 0 Å². The summed E-state index contributed by atoms with van der Waals surface area (Å²) in [5, 5.41) is 30.2. The minimum absolute atomic E-state index is 0.0345. The predicted molar refractivity (Wildman–Crippen MR) is 86.1 cm³/mol. The molecule has 23 heavy (non-hydrogen) atoms. The second-order valence-electron chi connectivity index (χ2n) is 4.40. The average Bonchev–Trinajstić information content (AvgIpc) is 2.55. The first-order valence-corrected chi connectivity index (χ1v) is 7.16. The first-order valence-electron chi connectivity index (χ1n) is 6.78. The van der Waals surface area contributed by atoms with Crippen LogP contribution in [0.1, 0.15) is 0 Å². The Morgan fingerprint density at radius 1 is 1.43 bits per heavy atom. The van der Waals surface area contributed by atoms with Gasteiger partial charge in [0.05, 0.1) is 25.3 Å². The zero-order valence-corrected chi connectivity index (χ0v) is 13.4. The molecule has 1 amide bonds. The molecule has 0 aliphatic heterocycles. The van der Waals surface area contributed by atoms with Crippen LogP contribution in [-0.2, 0) is 4.79 Å². The van der Waals surface area contributed by atoms with Gasteiger partial charge in [-0.15, -0.1) is 0 Å². The fourth-order valence-electron chi connectivity index (χ4n) is 1.78. The van der Waals surface area contributed by atoms with Gasteiger partial charge in [0.15, 0.2) is 0 Å². The summed E-state index contributed by atoms with van der Waals surface area (Å²) in [6.07, 6.45) is 1.25. The maximum atomic E-state index is 12.2. The lowest BCUT2D eigenvalue weighted by atomic mass is 10.2. The van der Waals surface area contributed by atoms with Gasteiger partial charge in [0.2, 0.25) is 0 Å². The molecule has 0 fully saturated rings. The van der Waals surface area contributed by atoms with Crippen LogP contribution in [0.3, 0.4) is 0 Å². The van der Waals surface area contributed by atoms with Crippen LogP contribution in [0.2, 0.25) is 5.02 Å². The highest BCUT2D eigenvalue weighted by Crippen LogP contribution is 2.27. The van der Waals surface area contributed by atoms with Crippen molar-refractivity contribution in [3.63, 3.8) is 0 Å². The number of nitrogens with one attached hydrogen (secondary N) is 1. The number of carbonyl (C=O) groups excluding carboxylic acids is 1. The number of nitrogens with zero attached hydrogens (tertiary/aromatic N) is 2. The first-order chi connectivity index (χ1) is 11.1. The molecule has 0 unspecified atom stereocenters. The molecule has 0 radical (unpaired) electrons. The Labute approximate surface area is 139 Å². The molecule has 0 saturated carbocycles. The lowest BCUT2D eigenvalue weighted by molar-refractivity contribution is -0.127.